The molecule has 80 valence electrons. The van der Waals surface area contributed by atoms with Crippen molar-refractivity contribution in [1.29, 1.82) is 0 Å². The van der Waals surface area contributed by atoms with Gasteiger partial charge in [0.25, 0.3) is 0 Å². The van der Waals surface area contributed by atoms with Crippen molar-refractivity contribution in [2.75, 3.05) is 0 Å². The number of para-hydroxylation sites is 1. The maximum Gasteiger partial charge on any atom is 0.0782 e. The molecule has 0 aliphatic rings. The highest BCUT2D eigenvalue weighted by Crippen LogP contribution is 2.27. The summed E-state index contributed by atoms with van der Waals surface area (Å²) in [4.78, 5) is 0. The summed E-state index contributed by atoms with van der Waals surface area (Å²) in [6.07, 6.45) is -0.409. The summed E-state index contributed by atoms with van der Waals surface area (Å²) in [5.41, 5.74) is 3.44. The van der Waals surface area contributed by atoms with Gasteiger partial charge >= 0.3 is 0 Å². The Morgan fingerprint density at radius 2 is 2.13 bits per heavy atom. The summed E-state index contributed by atoms with van der Waals surface area (Å²) in [6.45, 7) is 7.00. The number of fused-ring (bicyclic) bond motifs is 1. The predicted octanol–water partition coefficient (Wildman–Crippen LogP) is 3.02. The van der Waals surface area contributed by atoms with Gasteiger partial charge in [0, 0.05) is 23.2 Å². The van der Waals surface area contributed by atoms with Gasteiger partial charge in [0.2, 0.25) is 0 Å². The summed E-state index contributed by atoms with van der Waals surface area (Å²) < 4.78 is 2.25. The highest BCUT2D eigenvalue weighted by atomic mass is 16.3. The number of rotatable bonds is 2. The van der Waals surface area contributed by atoms with Crippen LogP contribution in [0.4, 0.5) is 0 Å². The minimum absolute atomic E-state index is 0.409. The molecule has 1 aromatic carbocycles. The van der Waals surface area contributed by atoms with E-state index in [4.69, 9.17) is 0 Å². The fourth-order valence-corrected chi connectivity index (χ4v) is 2.23. The second-order valence-electron chi connectivity index (χ2n) is 3.99. The van der Waals surface area contributed by atoms with E-state index in [1.54, 1.807) is 0 Å². The fourth-order valence-electron chi connectivity index (χ4n) is 2.23. The third-order valence-corrected chi connectivity index (χ3v) is 2.92. The number of nitrogens with zero attached hydrogens (tertiary/aromatic N) is 1. The third-order valence-electron chi connectivity index (χ3n) is 2.92. The molecule has 2 rings (SSSR count). The summed E-state index contributed by atoms with van der Waals surface area (Å²) >= 11 is 0. The van der Waals surface area contributed by atoms with Crippen LogP contribution < -0.4 is 0 Å². The van der Waals surface area contributed by atoms with E-state index in [1.165, 1.54) is 16.6 Å². The average Bonchev–Trinajstić information content (AvgIpc) is 2.52. The van der Waals surface area contributed by atoms with Gasteiger partial charge in [-0.3, -0.25) is 0 Å². The van der Waals surface area contributed by atoms with Gasteiger partial charge in [0.05, 0.1) is 11.6 Å². The van der Waals surface area contributed by atoms with Crippen molar-refractivity contribution in [2.45, 2.75) is 33.4 Å². The Hall–Kier alpha value is -1.28. The molecular weight excluding hydrogens is 186 g/mol. The van der Waals surface area contributed by atoms with E-state index in [0.29, 0.717) is 0 Å². The lowest BCUT2D eigenvalue weighted by Crippen LogP contribution is -2.01. The summed E-state index contributed by atoms with van der Waals surface area (Å²) in [7, 11) is 0. The van der Waals surface area contributed by atoms with Crippen molar-refractivity contribution in [3.8, 4) is 0 Å². The predicted molar refractivity (Wildman–Crippen MR) is 63.0 cm³/mol. The minimum atomic E-state index is -0.409. The molecule has 2 aromatic rings. The molecule has 1 atom stereocenters. The first-order valence-corrected chi connectivity index (χ1v) is 5.42. The number of aliphatic hydroxyl groups excluding tert-OH is 1. The van der Waals surface area contributed by atoms with Crippen LogP contribution in [0, 0.1) is 6.92 Å². The Morgan fingerprint density at radius 1 is 1.40 bits per heavy atom. The van der Waals surface area contributed by atoms with Gasteiger partial charge in [0.15, 0.2) is 0 Å². The molecule has 0 radical (unpaired) electrons. The van der Waals surface area contributed by atoms with Crippen LogP contribution in [0.5, 0.6) is 0 Å². The van der Waals surface area contributed by atoms with Crippen LogP contribution in [0.25, 0.3) is 10.9 Å². The molecule has 1 N–H and O–H groups in total. The van der Waals surface area contributed by atoms with Gasteiger partial charge < -0.3 is 9.67 Å². The summed E-state index contributed by atoms with van der Waals surface area (Å²) in [5.74, 6) is 0. The molecule has 0 amide bonds. The molecule has 1 heterocycles. The van der Waals surface area contributed by atoms with E-state index in [-0.39, 0.29) is 0 Å². The van der Waals surface area contributed by atoms with Crippen molar-refractivity contribution in [3.63, 3.8) is 0 Å². The summed E-state index contributed by atoms with van der Waals surface area (Å²) in [5, 5.41) is 11.0. The minimum Gasteiger partial charge on any atom is -0.389 e. The van der Waals surface area contributed by atoms with Gasteiger partial charge in [-0.2, -0.15) is 0 Å². The first-order valence-electron chi connectivity index (χ1n) is 5.42. The SMILES string of the molecule is CCn1c(C)cc2cccc(C(C)O)c21. The molecule has 1 unspecified atom stereocenters. The fraction of sp³-hybridized carbons (Fsp3) is 0.385. The van der Waals surface area contributed by atoms with Crippen LogP contribution in [-0.2, 0) is 6.54 Å². The van der Waals surface area contributed by atoms with Crippen LogP contribution >= 0.6 is 0 Å². The van der Waals surface area contributed by atoms with Crippen LogP contribution in [0.15, 0.2) is 24.3 Å². The Kier molecular flexibility index (Phi) is 2.53. The molecule has 0 spiro atoms. The number of aliphatic hydroxyl groups is 1. The van der Waals surface area contributed by atoms with E-state index in [1.807, 2.05) is 19.1 Å². The molecule has 0 fully saturated rings. The molecule has 1 aromatic heterocycles. The number of benzene rings is 1. The second kappa shape index (κ2) is 3.70. The number of aryl methyl sites for hydroxylation is 2. The zero-order valence-electron chi connectivity index (χ0n) is 9.49. The first kappa shape index (κ1) is 10.2. The van der Waals surface area contributed by atoms with Crippen LogP contribution in [0.3, 0.4) is 0 Å². The zero-order chi connectivity index (χ0) is 11.0. The van der Waals surface area contributed by atoms with Gasteiger partial charge in [-0.1, -0.05) is 18.2 Å². The normalized spacial score (nSPS) is 13.3. The zero-order valence-corrected chi connectivity index (χ0v) is 9.49. The standard InChI is InChI=1S/C13H17NO/c1-4-14-9(2)8-11-6-5-7-12(10(3)15)13(11)14/h5-8,10,15H,4H2,1-3H3. The maximum absolute atomic E-state index is 9.74. The van der Waals surface area contributed by atoms with E-state index >= 15 is 0 Å². The van der Waals surface area contributed by atoms with Crippen molar-refractivity contribution >= 4 is 10.9 Å². The molecule has 0 bridgehead atoms. The molecular formula is C13H17NO. The Balaban J connectivity index is 2.81. The molecule has 2 nitrogen and oxygen atoms in total. The van der Waals surface area contributed by atoms with Crippen molar-refractivity contribution < 1.29 is 5.11 Å². The lowest BCUT2D eigenvalue weighted by molar-refractivity contribution is 0.200. The number of hydrogen-bond donors (Lipinski definition) is 1. The molecule has 15 heavy (non-hydrogen) atoms. The smallest absolute Gasteiger partial charge is 0.0782 e. The van der Waals surface area contributed by atoms with Crippen LogP contribution in [0.1, 0.15) is 31.2 Å². The highest BCUT2D eigenvalue weighted by molar-refractivity contribution is 5.84. The average molecular weight is 203 g/mol. The van der Waals surface area contributed by atoms with Crippen LogP contribution in [0.2, 0.25) is 0 Å². The lowest BCUT2D eigenvalue weighted by atomic mass is 10.1. The number of hydrogen-bond acceptors (Lipinski definition) is 1. The Bertz CT molecular complexity index is 482. The molecule has 0 aliphatic heterocycles. The quantitative estimate of drug-likeness (QED) is 0.797. The Labute approximate surface area is 90.2 Å². The van der Waals surface area contributed by atoms with E-state index < -0.39 is 6.10 Å². The van der Waals surface area contributed by atoms with Gasteiger partial charge in [-0.15, -0.1) is 0 Å². The van der Waals surface area contributed by atoms with Gasteiger partial charge in [-0.25, -0.2) is 0 Å². The van der Waals surface area contributed by atoms with E-state index in [2.05, 4.69) is 30.5 Å². The maximum atomic E-state index is 9.74. The third kappa shape index (κ3) is 1.55. The second-order valence-corrected chi connectivity index (χ2v) is 3.99. The molecule has 0 saturated carbocycles. The van der Waals surface area contributed by atoms with Crippen LogP contribution in [-0.4, -0.2) is 9.67 Å². The van der Waals surface area contributed by atoms with E-state index in [0.717, 1.165) is 12.1 Å². The van der Waals surface area contributed by atoms with Gasteiger partial charge in [-0.05, 0) is 26.8 Å². The van der Waals surface area contributed by atoms with E-state index in [9.17, 15) is 5.11 Å². The first-order chi connectivity index (χ1) is 7.15. The highest BCUT2D eigenvalue weighted by Gasteiger charge is 2.11. The van der Waals surface area contributed by atoms with Crippen molar-refractivity contribution in [2.24, 2.45) is 0 Å². The largest absolute Gasteiger partial charge is 0.389 e. The Morgan fingerprint density at radius 3 is 2.73 bits per heavy atom. The lowest BCUT2D eigenvalue weighted by Gasteiger charge is -2.11. The number of aromatic nitrogens is 1. The van der Waals surface area contributed by atoms with Crippen molar-refractivity contribution in [1.82, 2.24) is 4.57 Å². The molecule has 0 saturated heterocycles. The molecule has 2 heteroatoms. The summed E-state index contributed by atoms with van der Waals surface area (Å²) in [6, 6.07) is 8.27. The topological polar surface area (TPSA) is 25.2 Å². The van der Waals surface area contributed by atoms with Gasteiger partial charge in [0.1, 0.15) is 0 Å². The molecule has 0 aliphatic carbocycles. The van der Waals surface area contributed by atoms with Crippen molar-refractivity contribution in [3.05, 3.63) is 35.5 Å². The monoisotopic (exact) mass is 203 g/mol.